The maximum atomic E-state index is 12.4. The Morgan fingerprint density at radius 1 is 0.654 bits per heavy atom. The first-order chi connectivity index (χ1) is 12.7. The Kier molecular flexibility index (Phi) is 5.56. The number of pyridine rings is 2. The maximum Gasteiger partial charge on any atom is 0.272 e. The lowest BCUT2D eigenvalue weighted by Crippen LogP contribution is -2.31. The van der Waals surface area contributed by atoms with Crippen LogP contribution in [0.3, 0.4) is 0 Å². The van der Waals surface area contributed by atoms with E-state index in [1.165, 1.54) is 12.4 Å². The van der Waals surface area contributed by atoms with Crippen molar-refractivity contribution in [1.82, 2.24) is 30.6 Å². The molecule has 3 heterocycles. The molecule has 0 aliphatic rings. The lowest BCUT2D eigenvalue weighted by Gasteiger charge is -2.09. The van der Waals surface area contributed by atoms with Crippen molar-refractivity contribution < 1.29 is 9.59 Å². The van der Waals surface area contributed by atoms with Gasteiger partial charge in [-0.15, -0.1) is 0 Å². The van der Waals surface area contributed by atoms with E-state index in [2.05, 4.69) is 30.6 Å². The maximum absolute atomic E-state index is 12.4. The van der Waals surface area contributed by atoms with Crippen molar-refractivity contribution in [3.8, 4) is 0 Å². The van der Waals surface area contributed by atoms with Crippen LogP contribution in [0.15, 0.2) is 61.2 Å². The zero-order valence-electron chi connectivity index (χ0n) is 13.8. The zero-order valence-corrected chi connectivity index (χ0v) is 13.8. The van der Waals surface area contributed by atoms with Gasteiger partial charge in [0.05, 0.1) is 24.5 Å². The van der Waals surface area contributed by atoms with Crippen LogP contribution < -0.4 is 10.6 Å². The molecule has 8 heteroatoms. The monoisotopic (exact) mass is 348 g/mol. The Morgan fingerprint density at radius 3 is 1.50 bits per heavy atom. The van der Waals surface area contributed by atoms with Crippen LogP contribution in [-0.2, 0) is 13.1 Å². The highest BCUT2D eigenvalue weighted by Crippen LogP contribution is 2.04. The van der Waals surface area contributed by atoms with Crippen molar-refractivity contribution in [1.29, 1.82) is 0 Å². The van der Waals surface area contributed by atoms with Crippen LogP contribution in [0.1, 0.15) is 32.4 Å². The molecule has 3 rings (SSSR count). The molecule has 0 aromatic carbocycles. The summed E-state index contributed by atoms with van der Waals surface area (Å²) in [7, 11) is 0. The SMILES string of the molecule is O=C(NCc1ccccn1)c1nccnc1C(=O)NCc1ccccn1. The fourth-order valence-corrected chi connectivity index (χ4v) is 2.18. The van der Waals surface area contributed by atoms with Gasteiger partial charge in [0.15, 0.2) is 11.4 Å². The fraction of sp³-hybridized carbons (Fsp3) is 0.111. The van der Waals surface area contributed by atoms with Crippen LogP contribution in [0.5, 0.6) is 0 Å². The molecule has 2 N–H and O–H groups in total. The number of aromatic nitrogens is 4. The van der Waals surface area contributed by atoms with Gasteiger partial charge in [0.1, 0.15) is 0 Å². The molecule has 0 fully saturated rings. The van der Waals surface area contributed by atoms with E-state index in [1.54, 1.807) is 36.7 Å². The summed E-state index contributed by atoms with van der Waals surface area (Å²) in [6, 6.07) is 10.8. The first-order valence-corrected chi connectivity index (χ1v) is 7.91. The Labute approximate surface area is 149 Å². The van der Waals surface area contributed by atoms with E-state index in [0.717, 1.165) is 0 Å². The number of nitrogens with one attached hydrogen (secondary N) is 2. The molecule has 0 radical (unpaired) electrons. The lowest BCUT2D eigenvalue weighted by atomic mass is 10.2. The summed E-state index contributed by atoms with van der Waals surface area (Å²) in [5.41, 5.74) is 1.32. The van der Waals surface area contributed by atoms with Gasteiger partial charge in [-0.3, -0.25) is 19.6 Å². The quantitative estimate of drug-likeness (QED) is 0.691. The van der Waals surface area contributed by atoms with E-state index in [9.17, 15) is 9.59 Å². The number of carbonyl (C=O) groups excluding carboxylic acids is 2. The van der Waals surface area contributed by atoms with E-state index >= 15 is 0 Å². The predicted octanol–water partition coefficient (Wildman–Crippen LogP) is 1.13. The van der Waals surface area contributed by atoms with Crippen molar-refractivity contribution in [3.05, 3.63) is 84.0 Å². The third-order valence-electron chi connectivity index (χ3n) is 3.44. The first kappa shape index (κ1) is 17.2. The van der Waals surface area contributed by atoms with Gasteiger partial charge in [-0.05, 0) is 24.3 Å². The number of amides is 2. The summed E-state index contributed by atoms with van der Waals surface area (Å²) in [6.07, 6.45) is 6.01. The molecule has 0 bridgehead atoms. The Bertz CT molecular complexity index is 812. The van der Waals surface area contributed by atoms with Gasteiger partial charge in [0.2, 0.25) is 0 Å². The molecule has 0 spiro atoms. The molecular weight excluding hydrogens is 332 g/mol. The molecule has 3 aromatic rings. The Hall–Kier alpha value is -3.68. The topological polar surface area (TPSA) is 110 Å². The molecule has 26 heavy (non-hydrogen) atoms. The second-order valence-electron chi connectivity index (χ2n) is 5.26. The lowest BCUT2D eigenvalue weighted by molar-refractivity contribution is 0.0908. The van der Waals surface area contributed by atoms with Crippen LogP contribution in [0.25, 0.3) is 0 Å². The molecule has 0 aliphatic carbocycles. The standard InChI is InChI=1S/C18H16N6O2/c25-17(23-11-13-5-1-3-7-19-13)15-16(22-10-9-21-15)18(26)24-12-14-6-2-4-8-20-14/h1-10H,11-12H2,(H,23,25)(H,24,26). The van der Waals surface area contributed by atoms with E-state index in [0.29, 0.717) is 11.4 Å². The third-order valence-corrected chi connectivity index (χ3v) is 3.44. The fourth-order valence-electron chi connectivity index (χ4n) is 2.18. The number of nitrogens with zero attached hydrogens (tertiary/aromatic N) is 4. The molecule has 130 valence electrons. The van der Waals surface area contributed by atoms with Crippen LogP contribution in [0, 0.1) is 0 Å². The van der Waals surface area contributed by atoms with Gasteiger partial charge in [-0.25, -0.2) is 9.97 Å². The van der Waals surface area contributed by atoms with Gasteiger partial charge in [0, 0.05) is 24.8 Å². The summed E-state index contributed by atoms with van der Waals surface area (Å²) < 4.78 is 0. The smallest absolute Gasteiger partial charge is 0.272 e. The minimum Gasteiger partial charge on any atom is -0.345 e. The molecule has 0 unspecified atom stereocenters. The summed E-state index contributed by atoms with van der Waals surface area (Å²) in [5, 5.41) is 5.38. The second kappa shape index (κ2) is 8.43. The molecule has 0 saturated heterocycles. The number of hydrogen-bond donors (Lipinski definition) is 2. The third kappa shape index (κ3) is 4.44. The van der Waals surface area contributed by atoms with Gasteiger partial charge in [-0.1, -0.05) is 12.1 Å². The minimum atomic E-state index is -0.494. The Morgan fingerprint density at radius 2 is 1.12 bits per heavy atom. The zero-order chi connectivity index (χ0) is 18.2. The molecule has 8 nitrogen and oxygen atoms in total. The molecule has 0 atom stereocenters. The van der Waals surface area contributed by atoms with Gasteiger partial charge >= 0.3 is 0 Å². The normalized spacial score (nSPS) is 10.2. The number of rotatable bonds is 6. The highest BCUT2D eigenvalue weighted by molar-refractivity contribution is 6.04. The van der Waals surface area contributed by atoms with E-state index in [-0.39, 0.29) is 24.5 Å². The highest BCUT2D eigenvalue weighted by Gasteiger charge is 2.19. The van der Waals surface area contributed by atoms with Crippen molar-refractivity contribution in [2.75, 3.05) is 0 Å². The van der Waals surface area contributed by atoms with Crippen molar-refractivity contribution in [3.63, 3.8) is 0 Å². The molecular formula is C18H16N6O2. The minimum absolute atomic E-state index is 0.0399. The summed E-state index contributed by atoms with van der Waals surface area (Å²) in [6.45, 7) is 0.455. The van der Waals surface area contributed by atoms with Gasteiger partial charge < -0.3 is 10.6 Å². The van der Waals surface area contributed by atoms with Crippen LogP contribution in [-0.4, -0.2) is 31.8 Å². The van der Waals surface area contributed by atoms with Crippen molar-refractivity contribution in [2.24, 2.45) is 0 Å². The largest absolute Gasteiger partial charge is 0.345 e. The van der Waals surface area contributed by atoms with E-state index in [1.807, 2.05) is 12.1 Å². The molecule has 0 saturated carbocycles. The van der Waals surface area contributed by atoms with Crippen LogP contribution in [0.2, 0.25) is 0 Å². The van der Waals surface area contributed by atoms with Crippen molar-refractivity contribution in [2.45, 2.75) is 13.1 Å². The molecule has 2 amide bonds. The van der Waals surface area contributed by atoms with E-state index < -0.39 is 11.8 Å². The summed E-state index contributed by atoms with van der Waals surface area (Å²) in [4.78, 5) is 41.0. The average molecular weight is 348 g/mol. The van der Waals surface area contributed by atoms with Crippen LogP contribution >= 0.6 is 0 Å². The van der Waals surface area contributed by atoms with Crippen LogP contribution in [0.4, 0.5) is 0 Å². The first-order valence-electron chi connectivity index (χ1n) is 7.91. The summed E-state index contributed by atoms with van der Waals surface area (Å²) >= 11 is 0. The average Bonchev–Trinajstić information content (AvgIpc) is 2.72. The Balaban J connectivity index is 1.66. The second-order valence-corrected chi connectivity index (χ2v) is 5.26. The van der Waals surface area contributed by atoms with Gasteiger partial charge in [-0.2, -0.15) is 0 Å². The highest BCUT2D eigenvalue weighted by atomic mass is 16.2. The predicted molar refractivity (Wildman–Crippen MR) is 92.8 cm³/mol. The van der Waals surface area contributed by atoms with Crippen molar-refractivity contribution >= 4 is 11.8 Å². The number of hydrogen-bond acceptors (Lipinski definition) is 6. The molecule has 3 aromatic heterocycles. The van der Waals surface area contributed by atoms with Gasteiger partial charge in [0.25, 0.3) is 11.8 Å². The molecule has 0 aliphatic heterocycles. The van der Waals surface area contributed by atoms with E-state index in [4.69, 9.17) is 0 Å². The number of carbonyl (C=O) groups is 2. The summed E-state index contributed by atoms with van der Waals surface area (Å²) in [5.74, 6) is -0.988.